The second-order valence-electron chi connectivity index (χ2n) is 5.62. The summed E-state index contributed by atoms with van der Waals surface area (Å²) in [6.07, 6.45) is -13.2. The molecule has 0 bridgehead atoms. The molecular weight excluding hydrogens is 318 g/mol. The maximum absolute atomic E-state index is 9.92. The lowest BCUT2D eigenvalue weighted by Gasteiger charge is -2.44. The number of hydrogen-bond donors (Lipinski definition) is 8. The Morgan fingerprint density at radius 1 is 0.696 bits per heavy atom. The lowest BCUT2D eigenvalue weighted by atomic mass is 9.97. The van der Waals surface area contributed by atoms with E-state index in [0.29, 0.717) is 0 Å². The molecule has 0 unspecified atom stereocenters. The van der Waals surface area contributed by atoms with Crippen LogP contribution in [0.25, 0.3) is 0 Å². The predicted octanol–water partition coefficient (Wildman–Crippen LogP) is -5.43. The highest BCUT2D eigenvalue weighted by Gasteiger charge is 2.49. The molecule has 0 aromatic carbocycles. The number of aliphatic hydroxyl groups excluding tert-OH is 7. The molecule has 0 aromatic rings. The molecular formula is C12H23NO10. The van der Waals surface area contributed by atoms with Crippen LogP contribution in [0.3, 0.4) is 0 Å². The summed E-state index contributed by atoms with van der Waals surface area (Å²) in [5.74, 6) is 0. The Bertz CT molecular complexity index is 349. The van der Waals surface area contributed by atoms with Crippen LogP contribution in [0.4, 0.5) is 0 Å². The van der Waals surface area contributed by atoms with Gasteiger partial charge in [-0.25, -0.2) is 0 Å². The molecule has 9 N–H and O–H groups in total. The first-order chi connectivity index (χ1) is 10.8. The van der Waals surface area contributed by atoms with Crippen molar-refractivity contribution in [2.75, 3.05) is 13.2 Å². The minimum absolute atomic E-state index is 0.542. The second kappa shape index (κ2) is 7.63. The summed E-state index contributed by atoms with van der Waals surface area (Å²) < 4.78 is 15.5. The topological polar surface area (TPSA) is 195 Å². The van der Waals surface area contributed by atoms with Gasteiger partial charge < -0.3 is 55.7 Å². The zero-order valence-corrected chi connectivity index (χ0v) is 12.1. The summed E-state index contributed by atoms with van der Waals surface area (Å²) in [6.45, 7) is -1.19. The normalized spacial score (nSPS) is 51.7. The van der Waals surface area contributed by atoms with E-state index < -0.39 is 74.6 Å². The minimum atomic E-state index is -1.69. The molecule has 2 rings (SSSR count). The SMILES string of the molecule is N[C@@H]1[C@H](O)[C@@H](O)[C@@H](O[C@H]2O[C@H](CO)[C@@H](O)[C@H](O)[C@H]2O)O[C@@H]1CO. The van der Waals surface area contributed by atoms with Gasteiger partial charge in [0.25, 0.3) is 0 Å². The Morgan fingerprint density at radius 3 is 1.70 bits per heavy atom. The molecule has 2 heterocycles. The van der Waals surface area contributed by atoms with Gasteiger partial charge in [0.1, 0.15) is 42.7 Å². The van der Waals surface area contributed by atoms with Crippen molar-refractivity contribution in [3.8, 4) is 0 Å². The highest BCUT2D eigenvalue weighted by molar-refractivity contribution is 4.93. The molecule has 11 nitrogen and oxygen atoms in total. The van der Waals surface area contributed by atoms with Crippen molar-refractivity contribution in [1.82, 2.24) is 0 Å². The summed E-state index contributed by atoms with van der Waals surface area (Å²) in [5.41, 5.74) is 5.59. The molecule has 10 atom stereocenters. The van der Waals surface area contributed by atoms with Crippen molar-refractivity contribution in [3.05, 3.63) is 0 Å². The molecule has 0 saturated carbocycles. The Hall–Kier alpha value is -0.440. The molecule has 0 aliphatic carbocycles. The average molecular weight is 341 g/mol. The van der Waals surface area contributed by atoms with Crippen LogP contribution in [-0.2, 0) is 14.2 Å². The fourth-order valence-electron chi connectivity index (χ4n) is 2.54. The lowest BCUT2D eigenvalue weighted by molar-refractivity contribution is -0.369. The molecule has 0 aromatic heterocycles. The van der Waals surface area contributed by atoms with Crippen LogP contribution in [0.5, 0.6) is 0 Å². The van der Waals surface area contributed by atoms with E-state index in [1.54, 1.807) is 0 Å². The maximum Gasteiger partial charge on any atom is 0.189 e. The Morgan fingerprint density at radius 2 is 1.17 bits per heavy atom. The third-order valence-corrected chi connectivity index (χ3v) is 4.06. The van der Waals surface area contributed by atoms with Crippen LogP contribution in [0.2, 0.25) is 0 Å². The molecule has 2 fully saturated rings. The Kier molecular flexibility index (Phi) is 6.27. The highest BCUT2D eigenvalue weighted by Crippen LogP contribution is 2.27. The maximum atomic E-state index is 9.92. The van der Waals surface area contributed by atoms with Crippen molar-refractivity contribution in [2.45, 2.75) is 61.3 Å². The van der Waals surface area contributed by atoms with E-state index in [0.717, 1.165) is 0 Å². The monoisotopic (exact) mass is 341 g/mol. The summed E-state index contributed by atoms with van der Waals surface area (Å²) in [5, 5.41) is 67.2. The average Bonchev–Trinajstić information content (AvgIpc) is 2.55. The van der Waals surface area contributed by atoms with Gasteiger partial charge in [0.15, 0.2) is 12.6 Å². The highest BCUT2D eigenvalue weighted by atomic mass is 16.8. The Labute approximate surface area is 131 Å². The molecule has 0 spiro atoms. The van der Waals surface area contributed by atoms with Crippen LogP contribution in [0, 0.1) is 0 Å². The third-order valence-electron chi connectivity index (χ3n) is 4.06. The fourth-order valence-corrected chi connectivity index (χ4v) is 2.54. The van der Waals surface area contributed by atoms with Crippen molar-refractivity contribution >= 4 is 0 Å². The first-order valence-electron chi connectivity index (χ1n) is 7.15. The third kappa shape index (κ3) is 3.65. The largest absolute Gasteiger partial charge is 0.394 e. The van der Waals surface area contributed by atoms with E-state index >= 15 is 0 Å². The predicted molar refractivity (Wildman–Crippen MR) is 70.6 cm³/mol. The van der Waals surface area contributed by atoms with Gasteiger partial charge in [0.05, 0.1) is 19.3 Å². The smallest absolute Gasteiger partial charge is 0.189 e. The van der Waals surface area contributed by atoms with Gasteiger partial charge in [-0.3, -0.25) is 0 Å². The van der Waals surface area contributed by atoms with E-state index in [1.165, 1.54) is 0 Å². The zero-order chi connectivity index (χ0) is 17.3. The van der Waals surface area contributed by atoms with E-state index in [4.69, 9.17) is 30.2 Å². The number of rotatable bonds is 4. The van der Waals surface area contributed by atoms with Crippen LogP contribution >= 0.6 is 0 Å². The van der Waals surface area contributed by atoms with Gasteiger partial charge in [0.2, 0.25) is 0 Å². The number of nitrogens with two attached hydrogens (primary N) is 1. The van der Waals surface area contributed by atoms with Gasteiger partial charge in [-0.15, -0.1) is 0 Å². The summed E-state index contributed by atoms with van der Waals surface area (Å²) in [6, 6.07) is -1.05. The van der Waals surface area contributed by atoms with Gasteiger partial charge in [0, 0.05) is 0 Å². The molecule has 0 radical (unpaired) electrons. The van der Waals surface area contributed by atoms with Gasteiger partial charge in [-0.1, -0.05) is 0 Å². The lowest BCUT2D eigenvalue weighted by Crippen LogP contribution is -2.65. The van der Waals surface area contributed by atoms with E-state index in [9.17, 15) is 25.5 Å². The quantitative estimate of drug-likeness (QED) is 0.243. The van der Waals surface area contributed by atoms with Crippen molar-refractivity contribution < 1.29 is 50.0 Å². The van der Waals surface area contributed by atoms with Crippen LogP contribution in [0.1, 0.15) is 0 Å². The first kappa shape index (κ1) is 18.9. The summed E-state index contributed by atoms with van der Waals surface area (Å²) in [4.78, 5) is 0. The number of ether oxygens (including phenoxy) is 3. The molecule has 11 heteroatoms. The summed E-state index contributed by atoms with van der Waals surface area (Å²) in [7, 11) is 0. The van der Waals surface area contributed by atoms with Gasteiger partial charge >= 0.3 is 0 Å². The number of hydrogen-bond acceptors (Lipinski definition) is 11. The fraction of sp³-hybridized carbons (Fsp3) is 1.00. The summed E-state index contributed by atoms with van der Waals surface area (Å²) >= 11 is 0. The van der Waals surface area contributed by atoms with Crippen LogP contribution in [0.15, 0.2) is 0 Å². The van der Waals surface area contributed by atoms with E-state index in [-0.39, 0.29) is 0 Å². The van der Waals surface area contributed by atoms with Gasteiger partial charge in [-0.2, -0.15) is 0 Å². The van der Waals surface area contributed by atoms with Gasteiger partial charge in [-0.05, 0) is 0 Å². The Balaban J connectivity index is 2.07. The minimum Gasteiger partial charge on any atom is -0.394 e. The molecule has 2 aliphatic heterocycles. The standard InChI is InChI=1S/C12H23NO10/c13-5-3(1-14)21-11(9(19)7(5)17)23-12-10(20)8(18)6(16)4(2-15)22-12/h3-12,14-20H,1-2,13H2/t3-,4-,5+,6-,7+,8+,9-,10-,11-,12-/m1/s1. The molecule has 2 saturated heterocycles. The zero-order valence-electron chi connectivity index (χ0n) is 12.1. The molecule has 2 aliphatic rings. The molecule has 136 valence electrons. The molecule has 0 amide bonds. The van der Waals surface area contributed by atoms with Crippen LogP contribution in [-0.4, -0.2) is 110 Å². The number of aliphatic hydroxyl groups is 7. The van der Waals surface area contributed by atoms with Crippen LogP contribution < -0.4 is 5.73 Å². The van der Waals surface area contributed by atoms with Crippen molar-refractivity contribution in [1.29, 1.82) is 0 Å². The first-order valence-corrected chi connectivity index (χ1v) is 7.15. The molecule has 23 heavy (non-hydrogen) atoms. The van der Waals surface area contributed by atoms with Crippen molar-refractivity contribution in [3.63, 3.8) is 0 Å². The van der Waals surface area contributed by atoms with E-state index in [2.05, 4.69) is 0 Å². The van der Waals surface area contributed by atoms with E-state index in [1.807, 2.05) is 0 Å². The second-order valence-corrected chi connectivity index (χ2v) is 5.62. The van der Waals surface area contributed by atoms with Crippen molar-refractivity contribution in [2.24, 2.45) is 5.73 Å².